The van der Waals surface area contributed by atoms with Gasteiger partial charge in [-0.25, -0.2) is 0 Å². The van der Waals surface area contributed by atoms with Crippen molar-refractivity contribution in [3.63, 3.8) is 0 Å². The molecule has 0 aliphatic heterocycles. The maximum atomic E-state index is 13.3. The van der Waals surface area contributed by atoms with Crippen LogP contribution in [0.5, 0.6) is 0 Å². The lowest BCUT2D eigenvalue weighted by Gasteiger charge is -2.06. The second-order valence-electron chi connectivity index (χ2n) is 7.25. The highest BCUT2D eigenvalue weighted by atomic mass is 32.1. The molecule has 0 bridgehead atoms. The van der Waals surface area contributed by atoms with Crippen LogP contribution in [0.15, 0.2) is 72.8 Å². The fraction of sp³-hybridized carbons (Fsp3) is 0. The lowest BCUT2D eigenvalue weighted by atomic mass is 9.95. The lowest BCUT2D eigenvalue weighted by molar-refractivity contribution is 0.104. The van der Waals surface area contributed by atoms with Gasteiger partial charge in [0.15, 0.2) is 5.78 Å². The monoisotopic (exact) mass is 392 g/mol. The van der Waals surface area contributed by atoms with Crippen LogP contribution in [0.3, 0.4) is 0 Å². The van der Waals surface area contributed by atoms with Crippen molar-refractivity contribution in [2.75, 3.05) is 0 Å². The summed E-state index contributed by atoms with van der Waals surface area (Å²) in [6.07, 6.45) is 0. The van der Waals surface area contributed by atoms with Crippen LogP contribution in [0.25, 0.3) is 51.5 Å². The average Bonchev–Trinajstić information content (AvgIpc) is 3.37. The van der Waals surface area contributed by atoms with E-state index in [1.807, 2.05) is 12.1 Å². The summed E-state index contributed by atoms with van der Waals surface area (Å²) in [6.45, 7) is 0. The predicted molar refractivity (Wildman–Crippen MR) is 121 cm³/mol. The summed E-state index contributed by atoms with van der Waals surface area (Å²) in [4.78, 5) is 13.3. The van der Waals surface area contributed by atoms with E-state index in [1.54, 1.807) is 22.7 Å². The first kappa shape index (κ1) is 15.0. The molecule has 7 rings (SSSR count). The van der Waals surface area contributed by atoms with Crippen molar-refractivity contribution in [3.05, 3.63) is 83.9 Å². The van der Waals surface area contributed by atoms with E-state index in [0.717, 1.165) is 22.3 Å². The molecule has 0 unspecified atom stereocenters. The quantitative estimate of drug-likeness (QED) is 0.259. The van der Waals surface area contributed by atoms with Crippen LogP contribution < -0.4 is 0 Å². The van der Waals surface area contributed by atoms with E-state index in [0.29, 0.717) is 0 Å². The first-order chi connectivity index (χ1) is 13.8. The van der Waals surface area contributed by atoms with Gasteiger partial charge in [-0.15, -0.1) is 22.7 Å². The van der Waals surface area contributed by atoms with Gasteiger partial charge in [-0.3, -0.25) is 4.79 Å². The molecular weight excluding hydrogens is 380 g/mol. The Kier molecular flexibility index (Phi) is 2.71. The second kappa shape index (κ2) is 5.07. The zero-order valence-electron chi connectivity index (χ0n) is 14.7. The molecule has 0 radical (unpaired) electrons. The number of ketones is 1. The molecule has 0 N–H and O–H groups in total. The molecule has 28 heavy (non-hydrogen) atoms. The molecule has 6 aromatic rings. The lowest BCUT2D eigenvalue weighted by Crippen LogP contribution is -1.94. The minimum absolute atomic E-state index is 0.152. The number of carbonyl (C=O) groups is 1. The van der Waals surface area contributed by atoms with Crippen molar-refractivity contribution in [3.8, 4) is 11.1 Å². The third-order valence-corrected chi connectivity index (χ3v) is 8.10. The number of rotatable bonds is 0. The summed E-state index contributed by atoms with van der Waals surface area (Å²) in [5.41, 5.74) is 3.94. The third-order valence-electron chi connectivity index (χ3n) is 5.83. The Labute approximate surface area is 168 Å². The van der Waals surface area contributed by atoms with Gasteiger partial charge in [0.25, 0.3) is 0 Å². The van der Waals surface area contributed by atoms with E-state index in [9.17, 15) is 4.79 Å². The third kappa shape index (κ3) is 1.69. The van der Waals surface area contributed by atoms with Crippen molar-refractivity contribution < 1.29 is 4.79 Å². The Bertz CT molecular complexity index is 1510. The van der Waals surface area contributed by atoms with Gasteiger partial charge >= 0.3 is 0 Å². The molecule has 2 heterocycles. The van der Waals surface area contributed by atoms with Gasteiger partial charge in [-0.1, -0.05) is 36.4 Å². The van der Waals surface area contributed by atoms with E-state index in [4.69, 9.17) is 0 Å². The summed E-state index contributed by atoms with van der Waals surface area (Å²) in [6, 6.07) is 25.3. The number of hydrogen-bond acceptors (Lipinski definition) is 3. The van der Waals surface area contributed by atoms with Crippen LogP contribution in [0, 0.1) is 0 Å². The number of carbonyl (C=O) groups excluding carboxylic acids is 1. The molecule has 0 fully saturated rings. The zero-order chi connectivity index (χ0) is 18.4. The highest BCUT2D eigenvalue weighted by molar-refractivity contribution is 7.26. The van der Waals surface area contributed by atoms with E-state index >= 15 is 0 Å². The molecule has 1 nitrogen and oxygen atoms in total. The van der Waals surface area contributed by atoms with Gasteiger partial charge in [0.1, 0.15) is 0 Å². The van der Waals surface area contributed by atoms with Gasteiger partial charge in [0.05, 0.1) is 0 Å². The highest BCUT2D eigenvalue weighted by Crippen LogP contribution is 2.51. The Morgan fingerprint density at radius 1 is 0.500 bits per heavy atom. The van der Waals surface area contributed by atoms with Crippen molar-refractivity contribution in [2.45, 2.75) is 0 Å². The topological polar surface area (TPSA) is 17.1 Å². The summed E-state index contributed by atoms with van der Waals surface area (Å²) in [7, 11) is 0. The van der Waals surface area contributed by atoms with E-state index in [1.165, 1.54) is 40.3 Å². The van der Waals surface area contributed by atoms with Crippen LogP contribution in [-0.2, 0) is 0 Å². The normalized spacial score (nSPS) is 13.1. The Balaban J connectivity index is 1.78. The fourth-order valence-electron chi connectivity index (χ4n) is 4.68. The van der Waals surface area contributed by atoms with Crippen molar-refractivity contribution >= 4 is 68.8 Å². The summed E-state index contributed by atoms with van der Waals surface area (Å²) in [5.74, 6) is 0.152. The van der Waals surface area contributed by atoms with Crippen molar-refractivity contribution in [1.82, 2.24) is 0 Å². The number of benzene rings is 4. The van der Waals surface area contributed by atoms with Crippen LogP contribution in [0.2, 0.25) is 0 Å². The molecule has 0 amide bonds. The number of fused-ring (bicyclic) bond motifs is 11. The minimum Gasteiger partial charge on any atom is -0.289 e. The Hall–Kier alpha value is -3.01. The molecule has 0 spiro atoms. The molecule has 130 valence electrons. The van der Waals surface area contributed by atoms with Crippen molar-refractivity contribution in [1.29, 1.82) is 0 Å². The Morgan fingerprint density at radius 2 is 0.964 bits per heavy atom. The Morgan fingerprint density at radius 3 is 1.46 bits per heavy atom. The molecule has 0 saturated heterocycles. The summed E-state index contributed by atoms with van der Waals surface area (Å²) < 4.78 is 5.04. The largest absolute Gasteiger partial charge is 0.289 e. The molecule has 1 aliphatic rings. The van der Waals surface area contributed by atoms with Gasteiger partial charge in [-0.2, -0.15) is 0 Å². The molecular formula is C25H12OS2. The number of thiophene rings is 2. The minimum atomic E-state index is 0.152. The fourth-order valence-corrected chi connectivity index (χ4v) is 6.90. The average molecular weight is 393 g/mol. The predicted octanol–water partition coefficient (Wildman–Crippen LogP) is 7.63. The van der Waals surface area contributed by atoms with Crippen LogP contribution in [0.4, 0.5) is 0 Å². The first-order valence-electron chi connectivity index (χ1n) is 9.25. The highest BCUT2D eigenvalue weighted by Gasteiger charge is 2.32. The van der Waals surface area contributed by atoms with Gasteiger partial charge in [-0.05, 0) is 36.4 Å². The van der Waals surface area contributed by atoms with Crippen molar-refractivity contribution in [2.24, 2.45) is 0 Å². The molecule has 0 atom stereocenters. The molecule has 4 aromatic carbocycles. The maximum Gasteiger partial charge on any atom is 0.194 e. The van der Waals surface area contributed by atoms with Gasteiger partial charge in [0.2, 0.25) is 0 Å². The van der Waals surface area contributed by atoms with Crippen LogP contribution >= 0.6 is 22.7 Å². The molecule has 1 aliphatic carbocycles. The van der Waals surface area contributed by atoms with E-state index in [2.05, 4.69) is 60.7 Å². The van der Waals surface area contributed by atoms with Gasteiger partial charge in [0, 0.05) is 62.6 Å². The first-order valence-corrected chi connectivity index (χ1v) is 10.9. The van der Waals surface area contributed by atoms with E-state index < -0.39 is 0 Å². The van der Waals surface area contributed by atoms with Crippen LogP contribution in [-0.4, -0.2) is 5.78 Å². The summed E-state index contributed by atoms with van der Waals surface area (Å²) >= 11 is 3.61. The standard InChI is InChI=1S/C25H12OS2/c26-25-15-9-11-19-21(13-5-1-3-7-17(13)27-19)23(15)24-16(25)10-12-20-22(24)14-6-2-4-8-18(14)28-20/h1-12H. The summed E-state index contributed by atoms with van der Waals surface area (Å²) in [5, 5.41) is 4.95. The maximum absolute atomic E-state index is 13.3. The SMILES string of the molecule is O=C1c2ccc3sc4ccccc4c3c2-c2c1ccc1sc3ccccc3c21. The second-order valence-corrected chi connectivity index (χ2v) is 9.42. The van der Waals surface area contributed by atoms with E-state index in [-0.39, 0.29) is 5.78 Å². The molecule has 0 saturated carbocycles. The van der Waals surface area contributed by atoms with Crippen LogP contribution in [0.1, 0.15) is 15.9 Å². The van der Waals surface area contributed by atoms with Gasteiger partial charge < -0.3 is 0 Å². The molecule has 3 heteroatoms. The zero-order valence-corrected chi connectivity index (χ0v) is 16.3. The smallest absolute Gasteiger partial charge is 0.194 e. The molecule has 2 aromatic heterocycles. The number of hydrogen-bond donors (Lipinski definition) is 0.